The van der Waals surface area contributed by atoms with E-state index in [-0.39, 0.29) is 22.7 Å². The molecule has 0 aromatic heterocycles. The first kappa shape index (κ1) is 28.1. The molecule has 0 radical (unpaired) electrons. The fourth-order valence-electron chi connectivity index (χ4n) is 5.09. The summed E-state index contributed by atoms with van der Waals surface area (Å²) in [7, 11) is 6.14. The van der Waals surface area contributed by atoms with Gasteiger partial charge in [-0.25, -0.2) is 0 Å². The summed E-state index contributed by atoms with van der Waals surface area (Å²) in [6.07, 6.45) is 0.996. The van der Waals surface area contributed by atoms with Crippen LogP contribution in [0.25, 0.3) is 0 Å². The molecule has 4 rings (SSSR count). The molecule has 0 bridgehead atoms. The van der Waals surface area contributed by atoms with Gasteiger partial charge in [-0.15, -0.1) is 0 Å². The summed E-state index contributed by atoms with van der Waals surface area (Å²) in [5.41, 5.74) is 2.67. The highest BCUT2D eigenvalue weighted by atomic mass is 32.2. The van der Waals surface area contributed by atoms with E-state index in [0.29, 0.717) is 63.1 Å². The third-order valence-corrected chi connectivity index (χ3v) is 7.92. The third-order valence-electron chi connectivity index (χ3n) is 6.91. The van der Waals surface area contributed by atoms with Gasteiger partial charge in [-0.05, 0) is 53.8 Å². The number of dihydropyridines is 1. The number of benzene rings is 2. The van der Waals surface area contributed by atoms with Crippen molar-refractivity contribution in [2.24, 2.45) is 5.41 Å². The fourth-order valence-corrected chi connectivity index (χ4v) is 6.05. The minimum absolute atomic E-state index is 0.0152. The number of nitrogens with one attached hydrogen (secondary N) is 1. The Morgan fingerprint density at radius 1 is 1.03 bits per heavy atom. The number of hydrogen-bond donors (Lipinski definition) is 1. The molecular weight excluding hydrogens is 516 g/mol. The second kappa shape index (κ2) is 11.5. The van der Waals surface area contributed by atoms with Gasteiger partial charge in [-0.3, -0.25) is 9.59 Å². The number of ketones is 2. The Morgan fingerprint density at radius 2 is 1.67 bits per heavy atom. The van der Waals surface area contributed by atoms with Crippen LogP contribution < -0.4 is 24.3 Å². The molecule has 1 atom stereocenters. The second-order valence-corrected chi connectivity index (χ2v) is 11.1. The summed E-state index contributed by atoms with van der Waals surface area (Å²) < 4.78 is 21.8. The molecule has 204 valence electrons. The monoisotopic (exact) mass is 548 g/mol. The van der Waals surface area contributed by atoms with E-state index in [1.54, 1.807) is 43.5 Å². The number of allylic oxidation sites excluding steroid dienone is 3. The number of ether oxygens (including phenoxy) is 4. The number of thioether (sulfide) groups is 1. The van der Waals surface area contributed by atoms with Crippen LogP contribution in [0.4, 0.5) is 0 Å². The van der Waals surface area contributed by atoms with Gasteiger partial charge in [-0.1, -0.05) is 25.6 Å². The minimum Gasteiger partial charge on any atom is -0.497 e. The minimum atomic E-state index is -0.651. The Kier molecular flexibility index (Phi) is 8.26. The van der Waals surface area contributed by atoms with Crippen molar-refractivity contribution < 1.29 is 28.5 Å². The molecular formula is C30H32N2O6S. The average Bonchev–Trinajstić information content (AvgIpc) is 2.93. The van der Waals surface area contributed by atoms with Gasteiger partial charge in [0.25, 0.3) is 0 Å². The van der Waals surface area contributed by atoms with Crippen molar-refractivity contribution in [3.8, 4) is 29.1 Å². The Hall–Kier alpha value is -3.90. The van der Waals surface area contributed by atoms with E-state index in [4.69, 9.17) is 18.9 Å². The van der Waals surface area contributed by atoms with Crippen LogP contribution in [0.2, 0.25) is 0 Å². The van der Waals surface area contributed by atoms with Crippen molar-refractivity contribution in [2.45, 2.75) is 32.6 Å². The molecule has 1 aliphatic heterocycles. The maximum atomic E-state index is 13.5. The second-order valence-electron chi connectivity index (χ2n) is 10.1. The zero-order valence-electron chi connectivity index (χ0n) is 23.0. The Morgan fingerprint density at radius 3 is 2.21 bits per heavy atom. The largest absolute Gasteiger partial charge is 0.497 e. The summed E-state index contributed by atoms with van der Waals surface area (Å²) in [4.78, 5) is 26.5. The van der Waals surface area contributed by atoms with Gasteiger partial charge in [0.2, 0.25) is 5.75 Å². The van der Waals surface area contributed by atoms with Gasteiger partial charge in [0.05, 0.1) is 56.8 Å². The molecule has 0 spiro atoms. The fraction of sp³-hybridized carbons (Fsp3) is 0.367. The van der Waals surface area contributed by atoms with Gasteiger partial charge in [0, 0.05) is 23.3 Å². The van der Waals surface area contributed by atoms with Crippen LogP contribution in [-0.2, 0) is 4.79 Å². The standard InChI is InChI=1S/C30H32N2O6S/c1-30(2)13-21-27(22(33)14-30)26(18-11-24(36-4)28(38-6)25(12-18)37-5)20(15-31)29(32-21)39-16-23(34)17-7-9-19(35-3)10-8-17/h7-12,26,32H,13-14,16H2,1-6H3/t26-/m0/s1. The molecule has 2 aromatic rings. The maximum absolute atomic E-state index is 13.5. The highest BCUT2D eigenvalue weighted by molar-refractivity contribution is 8.03. The lowest BCUT2D eigenvalue weighted by atomic mass is 9.69. The summed E-state index contributed by atoms with van der Waals surface area (Å²) in [6.45, 7) is 4.10. The highest BCUT2D eigenvalue weighted by Crippen LogP contribution is 2.50. The van der Waals surface area contributed by atoms with Crippen molar-refractivity contribution >= 4 is 23.3 Å². The van der Waals surface area contributed by atoms with Crippen molar-refractivity contribution in [1.29, 1.82) is 5.26 Å². The summed E-state index contributed by atoms with van der Waals surface area (Å²) in [5.74, 6) is 1.31. The first-order chi connectivity index (χ1) is 18.7. The topological polar surface area (TPSA) is 107 Å². The van der Waals surface area contributed by atoms with E-state index in [2.05, 4.69) is 11.4 Å². The molecule has 0 saturated carbocycles. The van der Waals surface area contributed by atoms with Crippen molar-refractivity contribution in [2.75, 3.05) is 34.2 Å². The Labute approximate surface area is 233 Å². The van der Waals surface area contributed by atoms with E-state index in [9.17, 15) is 14.9 Å². The molecule has 1 heterocycles. The number of methoxy groups -OCH3 is 4. The normalized spacial score (nSPS) is 18.1. The van der Waals surface area contributed by atoms with Crippen molar-refractivity contribution in [1.82, 2.24) is 5.32 Å². The summed E-state index contributed by atoms with van der Waals surface area (Å²) in [6, 6.07) is 12.8. The van der Waals surface area contributed by atoms with Gasteiger partial charge in [0.15, 0.2) is 23.1 Å². The molecule has 2 aliphatic rings. The van der Waals surface area contributed by atoms with Gasteiger partial charge in [-0.2, -0.15) is 5.26 Å². The van der Waals surface area contributed by atoms with Crippen LogP contribution in [0.5, 0.6) is 23.0 Å². The molecule has 0 unspecified atom stereocenters. The number of carbonyl (C=O) groups is 2. The zero-order chi connectivity index (χ0) is 28.3. The van der Waals surface area contributed by atoms with E-state index >= 15 is 0 Å². The van der Waals surface area contributed by atoms with E-state index in [0.717, 1.165) is 5.70 Å². The molecule has 39 heavy (non-hydrogen) atoms. The van der Waals surface area contributed by atoms with Crippen LogP contribution in [-0.4, -0.2) is 45.8 Å². The predicted octanol–water partition coefficient (Wildman–Crippen LogP) is 5.40. The Bertz CT molecular complexity index is 1380. The van der Waals surface area contributed by atoms with Crippen LogP contribution >= 0.6 is 11.8 Å². The number of nitrogens with zero attached hydrogens (tertiary/aromatic N) is 1. The van der Waals surface area contributed by atoms with Gasteiger partial charge >= 0.3 is 0 Å². The maximum Gasteiger partial charge on any atom is 0.203 e. The predicted molar refractivity (Wildman–Crippen MR) is 149 cm³/mol. The number of hydrogen-bond acceptors (Lipinski definition) is 9. The zero-order valence-corrected chi connectivity index (χ0v) is 23.8. The summed E-state index contributed by atoms with van der Waals surface area (Å²) >= 11 is 1.26. The molecule has 9 heteroatoms. The molecule has 1 aliphatic carbocycles. The van der Waals surface area contributed by atoms with Gasteiger partial charge < -0.3 is 24.3 Å². The average molecular weight is 549 g/mol. The number of Topliss-reactive ketones (excluding diaryl/α,β-unsaturated/α-hetero) is 2. The van der Waals surface area contributed by atoms with Crippen LogP contribution in [0, 0.1) is 16.7 Å². The number of rotatable bonds is 9. The SMILES string of the molecule is COc1ccc(C(=O)CSC2=C(C#N)[C@H](c3cc(OC)c(OC)c(OC)c3)C3=C(CC(C)(C)CC3=O)N2)cc1. The molecule has 0 fully saturated rings. The van der Waals surface area contributed by atoms with Crippen LogP contribution in [0.15, 0.2) is 58.3 Å². The molecule has 2 aromatic carbocycles. The lowest BCUT2D eigenvalue weighted by Gasteiger charge is -2.39. The molecule has 0 amide bonds. The van der Waals surface area contributed by atoms with Gasteiger partial charge in [0.1, 0.15) is 5.75 Å². The smallest absolute Gasteiger partial charge is 0.203 e. The molecule has 0 saturated heterocycles. The van der Waals surface area contributed by atoms with E-state index in [1.165, 1.54) is 33.1 Å². The Balaban J connectivity index is 1.79. The first-order valence-electron chi connectivity index (χ1n) is 12.4. The number of carbonyl (C=O) groups excluding carboxylic acids is 2. The summed E-state index contributed by atoms with van der Waals surface area (Å²) in [5, 5.41) is 14.3. The number of nitriles is 1. The van der Waals surface area contributed by atoms with E-state index in [1.807, 2.05) is 13.8 Å². The van der Waals surface area contributed by atoms with Crippen molar-refractivity contribution in [3.63, 3.8) is 0 Å². The van der Waals surface area contributed by atoms with Crippen LogP contribution in [0.1, 0.15) is 48.5 Å². The van der Waals surface area contributed by atoms with Crippen molar-refractivity contribution in [3.05, 3.63) is 69.4 Å². The quantitative estimate of drug-likeness (QED) is 0.412. The third kappa shape index (κ3) is 5.62. The molecule has 1 N–H and O–H groups in total. The lowest BCUT2D eigenvalue weighted by Crippen LogP contribution is -2.37. The van der Waals surface area contributed by atoms with Crippen LogP contribution in [0.3, 0.4) is 0 Å². The lowest BCUT2D eigenvalue weighted by molar-refractivity contribution is -0.118. The molecule has 8 nitrogen and oxygen atoms in total. The van der Waals surface area contributed by atoms with E-state index < -0.39 is 5.92 Å². The first-order valence-corrected chi connectivity index (χ1v) is 13.4. The highest BCUT2D eigenvalue weighted by Gasteiger charge is 2.42.